The second-order valence-corrected chi connectivity index (χ2v) is 6.74. The van der Waals surface area contributed by atoms with Crippen LogP contribution in [0.25, 0.3) is 0 Å². The van der Waals surface area contributed by atoms with Crippen LogP contribution in [-0.2, 0) is 6.18 Å². The highest BCUT2D eigenvalue weighted by atomic mass is 32.1. The van der Waals surface area contributed by atoms with Gasteiger partial charge in [0.25, 0.3) is 11.8 Å². The minimum absolute atomic E-state index is 0.196. The molecule has 0 aliphatic heterocycles. The number of hydrogen-bond acceptors (Lipinski definition) is 4. The molecule has 1 heterocycles. The molecule has 9 heteroatoms. The van der Waals surface area contributed by atoms with E-state index in [4.69, 9.17) is 0 Å². The van der Waals surface area contributed by atoms with Crippen LogP contribution in [-0.4, -0.2) is 18.0 Å². The number of para-hydroxylation sites is 1. The molecule has 0 fully saturated rings. The molecule has 0 aliphatic carbocycles. The molecule has 0 radical (unpaired) electrons. The lowest BCUT2D eigenvalue weighted by Crippen LogP contribution is -2.21. The van der Waals surface area contributed by atoms with Gasteiger partial charge in [0.05, 0.1) is 27.9 Å². The average Bonchev–Trinajstić information content (AvgIpc) is 3.23. The van der Waals surface area contributed by atoms with Gasteiger partial charge >= 0.3 is 6.18 Å². The number of alkyl halides is 3. The third kappa shape index (κ3) is 5.29. The van der Waals surface area contributed by atoms with E-state index in [2.05, 4.69) is 15.8 Å². The van der Waals surface area contributed by atoms with Crippen molar-refractivity contribution in [2.45, 2.75) is 6.18 Å². The normalized spacial score (nSPS) is 11.4. The number of nitrogens with zero attached hydrogens (tertiary/aromatic N) is 1. The molecular weight excluding hydrogens is 403 g/mol. The Hall–Kier alpha value is -3.46. The SMILES string of the molecule is O=C(Nc1ccccc1C(=O)N/N=C\c1ccc(C(F)(F)F)cc1)c1cccs1. The summed E-state index contributed by atoms with van der Waals surface area (Å²) in [6, 6.07) is 14.2. The predicted octanol–water partition coefficient (Wildman–Crippen LogP) is 4.78. The first-order chi connectivity index (χ1) is 13.8. The molecule has 2 N–H and O–H groups in total. The lowest BCUT2D eigenvalue weighted by molar-refractivity contribution is -0.137. The van der Waals surface area contributed by atoms with Crippen molar-refractivity contribution in [2.75, 3.05) is 5.32 Å². The molecular formula is C20H14F3N3O2S. The van der Waals surface area contributed by atoms with E-state index in [9.17, 15) is 22.8 Å². The highest BCUT2D eigenvalue weighted by Crippen LogP contribution is 2.28. The van der Waals surface area contributed by atoms with Crippen LogP contribution in [0.1, 0.15) is 31.2 Å². The van der Waals surface area contributed by atoms with Gasteiger partial charge in [0.1, 0.15) is 0 Å². The zero-order chi connectivity index (χ0) is 20.9. The Bertz CT molecular complexity index is 1030. The zero-order valence-electron chi connectivity index (χ0n) is 14.7. The molecule has 3 aromatic rings. The fourth-order valence-electron chi connectivity index (χ4n) is 2.37. The molecule has 5 nitrogen and oxygen atoms in total. The van der Waals surface area contributed by atoms with Crippen molar-refractivity contribution >= 4 is 35.1 Å². The van der Waals surface area contributed by atoms with Gasteiger partial charge in [0.15, 0.2) is 0 Å². The summed E-state index contributed by atoms with van der Waals surface area (Å²) in [7, 11) is 0. The van der Waals surface area contributed by atoms with Crippen molar-refractivity contribution in [2.24, 2.45) is 5.10 Å². The van der Waals surface area contributed by atoms with Gasteiger partial charge < -0.3 is 5.32 Å². The number of carbonyl (C=O) groups excluding carboxylic acids is 2. The molecule has 3 rings (SSSR count). The van der Waals surface area contributed by atoms with Gasteiger partial charge in [-0.1, -0.05) is 30.3 Å². The van der Waals surface area contributed by atoms with E-state index >= 15 is 0 Å². The van der Waals surface area contributed by atoms with Crippen LogP contribution in [0.2, 0.25) is 0 Å². The summed E-state index contributed by atoms with van der Waals surface area (Å²) < 4.78 is 37.7. The molecule has 0 aliphatic rings. The van der Waals surface area contributed by atoms with Crippen LogP contribution >= 0.6 is 11.3 Å². The van der Waals surface area contributed by atoms with Crippen molar-refractivity contribution in [1.29, 1.82) is 0 Å². The van der Waals surface area contributed by atoms with Gasteiger partial charge in [-0.15, -0.1) is 11.3 Å². The Morgan fingerprint density at radius 2 is 1.66 bits per heavy atom. The highest BCUT2D eigenvalue weighted by molar-refractivity contribution is 7.12. The van der Waals surface area contributed by atoms with Gasteiger partial charge in [0.2, 0.25) is 0 Å². The van der Waals surface area contributed by atoms with Crippen LogP contribution in [0.3, 0.4) is 0 Å². The van der Waals surface area contributed by atoms with E-state index in [0.717, 1.165) is 12.1 Å². The summed E-state index contributed by atoms with van der Waals surface area (Å²) in [6.07, 6.45) is -3.19. The quantitative estimate of drug-likeness (QED) is 0.463. The van der Waals surface area contributed by atoms with Gasteiger partial charge in [-0.25, -0.2) is 5.43 Å². The Kier molecular flexibility index (Phi) is 6.08. The van der Waals surface area contributed by atoms with E-state index in [1.807, 2.05) is 0 Å². The molecule has 0 spiro atoms. The van der Waals surface area contributed by atoms with Crippen molar-refractivity contribution in [3.8, 4) is 0 Å². The maximum atomic E-state index is 12.6. The first-order valence-corrected chi connectivity index (χ1v) is 9.17. The molecule has 148 valence electrons. The minimum atomic E-state index is -4.42. The smallest absolute Gasteiger partial charge is 0.321 e. The number of thiophene rings is 1. The lowest BCUT2D eigenvalue weighted by Gasteiger charge is -2.09. The van der Waals surface area contributed by atoms with Gasteiger partial charge in [-0.3, -0.25) is 9.59 Å². The van der Waals surface area contributed by atoms with Gasteiger partial charge in [-0.2, -0.15) is 18.3 Å². The van der Waals surface area contributed by atoms with E-state index in [1.165, 1.54) is 35.8 Å². The number of rotatable bonds is 5. The van der Waals surface area contributed by atoms with Crippen LogP contribution in [0.5, 0.6) is 0 Å². The third-order valence-corrected chi connectivity index (χ3v) is 4.65. The fraction of sp³-hybridized carbons (Fsp3) is 0.0500. The number of anilines is 1. The van der Waals surface area contributed by atoms with Crippen molar-refractivity contribution in [1.82, 2.24) is 5.43 Å². The second kappa shape index (κ2) is 8.70. The summed E-state index contributed by atoms with van der Waals surface area (Å²) in [6.45, 7) is 0. The molecule has 0 saturated heterocycles. The minimum Gasteiger partial charge on any atom is -0.321 e. The monoisotopic (exact) mass is 417 g/mol. The first kappa shape index (κ1) is 20.3. The standard InChI is InChI=1S/C20H14F3N3O2S/c21-20(22,23)14-9-7-13(8-10-14)12-24-26-18(27)15-4-1-2-5-16(15)25-19(28)17-6-3-11-29-17/h1-12H,(H,25,28)(H,26,27)/b24-12-. The number of benzene rings is 2. The molecule has 29 heavy (non-hydrogen) atoms. The first-order valence-electron chi connectivity index (χ1n) is 8.29. The molecule has 0 atom stereocenters. The van der Waals surface area contributed by atoms with Crippen LogP contribution in [0, 0.1) is 0 Å². The van der Waals surface area contributed by atoms with E-state index in [1.54, 1.807) is 35.7 Å². The van der Waals surface area contributed by atoms with E-state index in [0.29, 0.717) is 16.1 Å². The van der Waals surface area contributed by atoms with Crippen LogP contribution in [0.4, 0.5) is 18.9 Å². The predicted molar refractivity (Wildman–Crippen MR) is 105 cm³/mol. The zero-order valence-corrected chi connectivity index (χ0v) is 15.6. The van der Waals surface area contributed by atoms with Crippen molar-refractivity contribution < 1.29 is 22.8 Å². The van der Waals surface area contributed by atoms with E-state index < -0.39 is 17.6 Å². The number of carbonyl (C=O) groups is 2. The summed E-state index contributed by atoms with van der Waals surface area (Å²) in [5, 5.41) is 8.21. The van der Waals surface area contributed by atoms with Crippen LogP contribution < -0.4 is 10.7 Å². The number of amides is 2. The molecule has 1 aromatic heterocycles. The summed E-state index contributed by atoms with van der Waals surface area (Å²) in [5.74, 6) is -0.913. The second-order valence-electron chi connectivity index (χ2n) is 5.80. The maximum absolute atomic E-state index is 12.6. The summed E-state index contributed by atoms with van der Waals surface area (Å²) in [4.78, 5) is 25.1. The Labute approximate surface area is 167 Å². The highest BCUT2D eigenvalue weighted by Gasteiger charge is 2.29. The van der Waals surface area contributed by atoms with Crippen LogP contribution in [0.15, 0.2) is 71.1 Å². The molecule has 2 aromatic carbocycles. The fourth-order valence-corrected chi connectivity index (χ4v) is 2.98. The summed E-state index contributed by atoms with van der Waals surface area (Å²) >= 11 is 1.27. The van der Waals surface area contributed by atoms with Gasteiger partial charge in [0, 0.05) is 0 Å². The molecule has 0 unspecified atom stereocenters. The Morgan fingerprint density at radius 3 is 2.31 bits per heavy atom. The van der Waals surface area contributed by atoms with Crippen molar-refractivity contribution in [3.63, 3.8) is 0 Å². The van der Waals surface area contributed by atoms with Gasteiger partial charge in [-0.05, 0) is 41.3 Å². The average molecular weight is 417 g/mol. The number of halogens is 3. The topological polar surface area (TPSA) is 70.6 Å². The van der Waals surface area contributed by atoms with E-state index in [-0.39, 0.29) is 11.5 Å². The largest absolute Gasteiger partial charge is 0.416 e. The third-order valence-electron chi connectivity index (χ3n) is 3.78. The number of nitrogens with one attached hydrogen (secondary N) is 2. The maximum Gasteiger partial charge on any atom is 0.416 e. The molecule has 0 saturated carbocycles. The number of hydrogen-bond donors (Lipinski definition) is 2. The van der Waals surface area contributed by atoms with Crippen molar-refractivity contribution in [3.05, 3.63) is 87.6 Å². The lowest BCUT2D eigenvalue weighted by atomic mass is 10.1. The summed E-state index contributed by atoms with van der Waals surface area (Å²) in [5.41, 5.74) is 2.43. The molecule has 2 amide bonds. The molecule has 0 bridgehead atoms. The Balaban J connectivity index is 1.66. The number of hydrazone groups is 1. The Morgan fingerprint density at radius 1 is 0.931 bits per heavy atom.